The maximum Gasteiger partial charge on any atom is 0.135 e. The van der Waals surface area contributed by atoms with Gasteiger partial charge in [-0.05, 0) is 67.5 Å². The summed E-state index contributed by atoms with van der Waals surface area (Å²) < 4.78 is 4.89. The van der Waals surface area contributed by atoms with Crippen LogP contribution in [-0.2, 0) is 0 Å². The van der Waals surface area contributed by atoms with Crippen molar-refractivity contribution in [1.82, 2.24) is 24.5 Å². The standard InChI is InChI=1S/C20H19N7S/c1-21-28-18-5-2-4-16(12-18)26-20-13-19(22-14-23-20)25-15-6-8-17(9-7-15)27-11-3-10-24-27/h2-14,21H,1H3,(H2,22,23,25,26). The van der Waals surface area contributed by atoms with Gasteiger partial charge in [-0.2, -0.15) is 5.10 Å². The topological polar surface area (TPSA) is 79.7 Å². The second kappa shape index (κ2) is 8.55. The summed E-state index contributed by atoms with van der Waals surface area (Å²) in [5.41, 5.74) is 2.90. The predicted octanol–water partition coefficient (Wildman–Crippen LogP) is 4.38. The minimum absolute atomic E-state index is 0.713. The second-order valence-corrected chi connectivity index (χ2v) is 6.95. The van der Waals surface area contributed by atoms with Crippen molar-refractivity contribution in [3.8, 4) is 5.69 Å². The maximum atomic E-state index is 4.30. The normalized spacial score (nSPS) is 10.6. The molecule has 2 aromatic heterocycles. The van der Waals surface area contributed by atoms with Crippen molar-refractivity contribution in [3.63, 3.8) is 0 Å². The third-order valence-electron chi connectivity index (χ3n) is 3.90. The van der Waals surface area contributed by atoms with E-state index in [1.807, 2.05) is 72.5 Å². The molecule has 28 heavy (non-hydrogen) atoms. The van der Waals surface area contributed by atoms with Crippen molar-refractivity contribution in [2.75, 3.05) is 17.7 Å². The molecular weight excluding hydrogens is 370 g/mol. The number of anilines is 4. The summed E-state index contributed by atoms with van der Waals surface area (Å²) in [5.74, 6) is 1.43. The lowest BCUT2D eigenvalue weighted by Crippen LogP contribution is -1.99. The highest BCUT2D eigenvalue weighted by molar-refractivity contribution is 7.97. The van der Waals surface area contributed by atoms with Crippen molar-refractivity contribution < 1.29 is 0 Å². The van der Waals surface area contributed by atoms with Gasteiger partial charge >= 0.3 is 0 Å². The van der Waals surface area contributed by atoms with Gasteiger partial charge in [0, 0.05) is 34.7 Å². The van der Waals surface area contributed by atoms with E-state index in [0.29, 0.717) is 5.82 Å². The van der Waals surface area contributed by atoms with E-state index < -0.39 is 0 Å². The summed E-state index contributed by atoms with van der Waals surface area (Å²) in [5, 5.41) is 10.8. The first-order valence-corrected chi connectivity index (χ1v) is 9.52. The van der Waals surface area contributed by atoms with Crippen LogP contribution >= 0.6 is 11.9 Å². The second-order valence-electron chi connectivity index (χ2n) is 5.87. The quantitative estimate of drug-likeness (QED) is 0.405. The van der Waals surface area contributed by atoms with Crippen LogP contribution in [0.1, 0.15) is 0 Å². The Bertz CT molecular complexity index is 1030. The van der Waals surface area contributed by atoms with Crippen LogP contribution < -0.4 is 15.4 Å². The highest BCUT2D eigenvalue weighted by Gasteiger charge is 2.03. The van der Waals surface area contributed by atoms with Crippen LogP contribution in [0.5, 0.6) is 0 Å². The molecule has 0 saturated heterocycles. The largest absolute Gasteiger partial charge is 0.340 e. The number of nitrogens with one attached hydrogen (secondary N) is 3. The molecule has 0 aliphatic carbocycles. The highest BCUT2D eigenvalue weighted by Crippen LogP contribution is 2.23. The first kappa shape index (κ1) is 18.0. The summed E-state index contributed by atoms with van der Waals surface area (Å²) in [4.78, 5) is 9.73. The number of aromatic nitrogens is 4. The van der Waals surface area contributed by atoms with Gasteiger partial charge in [-0.3, -0.25) is 4.72 Å². The van der Waals surface area contributed by atoms with Gasteiger partial charge in [0.2, 0.25) is 0 Å². The van der Waals surface area contributed by atoms with Gasteiger partial charge in [-0.1, -0.05) is 6.07 Å². The van der Waals surface area contributed by atoms with Crippen LogP contribution in [0, 0.1) is 0 Å². The molecule has 0 bridgehead atoms. The number of hydrogen-bond donors (Lipinski definition) is 3. The van der Waals surface area contributed by atoms with Crippen LogP contribution in [0.25, 0.3) is 5.69 Å². The molecule has 3 N–H and O–H groups in total. The summed E-state index contributed by atoms with van der Waals surface area (Å²) in [7, 11) is 1.90. The van der Waals surface area contributed by atoms with E-state index in [-0.39, 0.29) is 0 Å². The van der Waals surface area contributed by atoms with Crippen molar-refractivity contribution in [2.24, 2.45) is 0 Å². The van der Waals surface area contributed by atoms with Gasteiger partial charge in [0.1, 0.15) is 18.0 Å². The zero-order valence-corrected chi connectivity index (χ0v) is 16.0. The van der Waals surface area contributed by atoms with Crippen molar-refractivity contribution in [1.29, 1.82) is 0 Å². The van der Waals surface area contributed by atoms with Crippen LogP contribution in [-0.4, -0.2) is 26.8 Å². The Kier molecular flexibility index (Phi) is 5.51. The molecule has 2 heterocycles. The average molecular weight is 389 g/mol. The van der Waals surface area contributed by atoms with Gasteiger partial charge in [-0.15, -0.1) is 0 Å². The lowest BCUT2D eigenvalue weighted by atomic mass is 10.3. The van der Waals surface area contributed by atoms with Crippen LogP contribution in [0.4, 0.5) is 23.0 Å². The molecule has 140 valence electrons. The van der Waals surface area contributed by atoms with E-state index >= 15 is 0 Å². The monoisotopic (exact) mass is 389 g/mol. The van der Waals surface area contributed by atoms with E-state index in [2.05, 4.69) is 36.5 Å². The molecule has 0 fully saturated rings. The van der Waals surface area contributed by atoms with E-state index in [9.17, 15) is 0 Å². The number of hydrogen-bond acceptors (Lipinski definition) is 7. The third-order valence-corrected chi connectivity index (χ3v) is 4.60. The van der Waals surface area contributed by atoms with E-state index in [1.54, 1.807) is 18.1 Å². The molecule has 0 aliphatic heterocycles. The Morgan fingerprint density at radius 1 is 0.857 bits per heavy atom. The van der Waals surface area contributed by atoms with E-state index in [1.165, 1.54) is 6.33 Å². The minimum Gasteiger partial charge on any atom is -0.340 e. The molecule has 0 atom stereocenters. The predicted molar refractivity (Wildman–Crippen MR) is 114 cm³/mol. The number of rotatable bonds is 7. The van der Waals surface area contributed by atoms with E-state index in [4.69, 9.17) is 0 Å². The van der Waals surface area contributed by atoms with Crippen molar-refractivity contribution in [3.05, 3.63) is 79.4 Å². The fourth-order valence-corrected chi connectivity index (χ4v) is 3.23. The molecule has 4 aromatic rings. The Labute approximate surface area is 167 Å². The van der Waals surface area contributed by atoms with Crippen LogP contribution in [0.15, 0.2) is 84.3 Å². The molecule has 0 radical (unpaired) electrons. The van der Waals surface area contributed by atoms with Crippen molar-refractivity contribution >= 4 is 35.0 Å². The molecule has 4 rings (SSSR count). The summed E-state index contributed by atoms with van der Waals surface area (Å²) in [6.07, 6.45) is 5.21. The number of benzene rings is 2. The molecule has 2 aromatic carbocycles. The SMILES string of the molecule is CNSc1cccc(Nc2cc(Nc3ccc(-n4cccn4)cc3)ncn2)c1. The zero-order valence-electron chi connectivity index (χ0n) is 15.2. The third kappa shape index (κ3) is 4.48. The van der Waals surface area contributed by atoms with Gasteiger partial charge in [-0.25, -0.2) is 14.6 Å². The molecule has 0 amide bonds. The Balaban J connectivity index is 1.46. The van der Waals surface area contributed by atoms with Crippen molar-refractivity contribution in [2.45, 2.75) is 4.90 Å². The van der Waals surface area contributed by atoms with Gasteiger partial charge in [0.25, 0.3) is 0 Å². The summed E-state index contributed by atoms with van der Waals surface area (Å²) in [6.45, 7) is 0. The lowest BCUT2D eigenvalue weighted by Gasteiger charge is -2.10. The smallest absolute Gasteiger partial charge is 0.135 e. The fraction of sp³-hybridized carbons (Fsp3) is 0.0500. The van der Waals surface area contributed by atoms with E-state index in [0.717, 1.165) is 27.8 Å². The zero-order chi connectivity index (χ0) is 19.2. The average Bonchev–Trinajstić information content (AvgIpc) is 3.24. The highest BCUT2D eigenvalue weighted by atomic mass is 32.2. The van der Waals surface area contributed by atoms with Crippen LogP contribution in [0.2, 0.25) is 0 Å². The van der Waals surface area contributed by atoms with Gasteiger partial charge in [0.05, 0.1) is 5.69 Å². The Morgan fingerprint density at radius 2 is 1.64 bits per heavy atom. The van der Waals surface area contributed by atoms with Crippen LogP contribution in [0.3, 0.4) is 0 Å². The minimum atomic E-state index is 0.713. The Hall–Kier alpha value is -3.36. The first-order chi connectivity index (χ1) is 13.8. The number of nitrogens with zero attached hydrogens (tertiary/aromatic N) is 4. The maximum absolute atomic E-state index is 4.30. The first-order valence-electron chi connectivity index (χ1n) is 8.70. The molecule has 0 saturated carbocycles. The fourth-order valence-electron chi connectivity index (χ4n) is 2.66. The molecule has 0 aliphatic rings. The summed E-state index contributed by atoms with van der Waals surface area (Å²) >= 11 is 1.56. The van der Waals surface area contributed by atoms with Gasteiger partial charge in [0.15, 0.2) is 0 Å². The summed E-state index contributed by atoms with van der Waals surface area (Å²) in [6, 6.07) is 19.9. The molecule has 0 spiro atoms. The van der Waals surface area contributed by atoms with Gasteiger partial charge < -0.3 is 10.6 Å². The molecule has 0 unspecified atom stereocenters. The molecule has 8 heteroatoms. The molecular formula is C20H19N7S. The molecule has 7 nitrogen and oxygen atoms in total. The lowest BCUT2D eigenvalue weighted by molar-refractivity contribution is 0.881. The Morgan fingerprint density at radius 3 is 2.36 bits per heavy atom.